The number of carboxylic acids is 1. The van der Waals surface area contributed by atoms with Crippen molar-refractivity contribution >= 4 is 5.97 Å². The first kappa shape index (κ1) is 23.3. The van der Waals surface area contributed by atoms with Crippen molar-refractivity contribution in [3.8, 4) is 0 Å². The van der Waals surface area contributed by atoms with E-state index in [0.29, 0.717) is 5.56 Å². The largest absolute Gasteiger partial charge is 0.478 e. The van der Waals surface area contributed by atoms with Gasteiger partial charge in [-0.15, -0.1) is 0 Å². The lowest BCUT2D eigenvalue weighted by atomic mass is 9.76. The van der Waals surface area contributed by atoms with Crippen molar-refractivity contribution in [2.24, 2.45) is 0 Å². The normalized spacial score (nSPS) is 11.1. The Labute approximate surface area is 212 Å². The summed E-state index contributed by atoms with van der Waals surface area (Å²) < 4.78 is 0. The van der Waals surface area contributed by atoms with Gasteiger partial charge >= 0.3 is 5.97 Å². The van der Waals surface area contributed by atoms with Crippen LogP contribution in [0.2, 0.25) is 0 Å². The van der Waals surface area contributed by atoms with Crippen LogP contribution in [0.5, 0.6) is 0 Å². The molecule has 0 aliphatic carbocycles. The maximum absolute atomic E-state index is 13.1. The van der Waals surface area contributed by atoms with Crippen molar-refractivity contribution < 1.29 is 9.90 Å². The molecule has 0 amide bonds. The lowest BCUT2D eigenvalue weighted by Gasteiger charge is -2.27. The summed E-state index contributed by atoms with van der Waals surface area (Å²) in [5.41, 5.74) is 7.31. The zero-order valence-electron chi connectivity index (χ0n) is 20.2. The van der Waals surface area contributed by atoms with E-state index >= 15 is 0 Å². The van der Waals surface area contributed by atoms with E-state index in [1.165, 1.54) is 0 Å². The second-order valence-electron chi connectivity index (χ2n) is 9.13. The minimum Gasteiger partial charge on any atom is -0.478 e. The van der Waals surface area contributed by atoms with Gasteiger partial charge in [-0.2, -0.15) is 0 Å². The number of rotatable bonds is 7. The van der Waals surface area contributed by atoms with E-state index in [4.69, 9.17) is 0 Å². The van der Waals surface area contributed by atoms with E-state index in [0.717, 1.165) is 38.9 Å². The van der Waals surface area contributed by atoms with Crippen molar-refractivity contribution in [2.75, 3.05) is 0 Å². The molecule has 0 saturated carbocycles. The second-order valence-corrected chi connectivity index (χ2v) is 9.13. The summed E-state index contributed by atoms with van der Waals surface area (Å²) in [5.74, 6) is -1.32. The Morgan fingerprint density at radius 2 is 0.806 bits per heavy atom. The molecule has 0 unspecified atom stereocenters. The highest BCUT2D eigenvalue weighted by Gasteiger charge is 2.29. The van der Waals surface area contributed by atoms with Crippen LogP contribution in [0.3, 0.4) is 0 Å². The minimum atomic E-state index is -0.909. The molecule has 0 bridgehead atoms. The smallest absolute Gasteiger partial charge is 0.336 e. The third-order valence-corrected chi connectivity index (χ3v) is 6.71. The third kappa shape index (κ3) is 4.71. The Morgan fingerprint density at radius 1 is 0.528 bits per heavy atom. The molecular weight excluding hydrogens is 440 g/mol. The molecular formula is C34H28O2. The van der Waals surface area contributed by atoms with Gasteiger partial charge in [-0.1, -0.05) is 139 Å². The molecule has 36 heavy (non-hydrogen) atoms. The van der Waals surface area contributed by atoms with Gasteiger partial charge in [-0.3, -0.25) is 0 Å². The Morgan fingerprint density at radius 3 is 1.06 bits per heavy atom. The molecule has 0 saturated heterocycles. The fraction of sp³-hybridized carbons (Fsp3) is 0.0882. The third-order valence-electron chi connectivity index (χ3n) is 6.71. The van der Waals surface area contributed by atoms with Crippen molar-refractivity contribution in [1.29, 1.82) is 0 Å². The van der Waals surface area contributed by atoms with Crippen LogP contribution in [0, 0.1) is 6.92 Å². The topological polar surface area (TPSA) is 37.3 Å². The second kappa shape index (κ2) is 10.5. The fourth-order valence-electron chi connectivity index (χ4n) is 5.23. The Kier molecular flexibility index (Phi) is 6.77. The van der Waals surface area contributed by atoms with E-state index in [1.807, 2.05) is 84.9 Å². The van der Waals surface area contributed by atoms with Crippen molar-refractivity contribution in [2.45, 2.75) is 18.8 Å². The van der Waals surface area contributed by atoms with Crippen LogP contribution in [-0.4, -0.2) is 11.1 Å². The molecule has 0 aromatic heterocycles. The summed E-state index contributed by atoms with van der Waals surface area (Å²) in [5, 5.41) is 10.7. The molecule has 1 N–H and O–H groups in total. The molecule has 0 spiro atoms. The van der Waals surface area contributed by atoms with Crippen molar-refractivity contribution in [3.63, 3.8) is 0 Å². The monoisotopic (exact) mass is 468 g/mol. The molecule has 5 aromatic carbocycles. The Balaban J connectivity index is 1.82. The van der Waals surface area contributed by atoms with Crippen LogP contribution >= 0.6 is 0 Å². The Hall–Kier alpha value is -4.43. The number of benzene rings is 5. The average Bonchev–Trinajstić information content (AvgIpc) is 2.91. The summed E-state index contributed by atoms with van der Waals surface area (Å²) in [6, 6.07) is 44.8. The van der Waals surface area contributed by atoms with Crippen LogP contribution in [0.15, 0.2) is 133 Å². The van der Waals surface area contributed by atoms with Gasteiger partial charge in [-0.05, 0) is 40.3 Å². The van der Waals surface area contributed by atoms with Gasteiger partial charge < -0.3 is 5.11 Å². The maximum Gasteiger partial charge on any atom is 0.336 e. The first-order valence-electron chi connectivity index (χ1n) is 12.2. The molecule has 0 aliphatic heterocycles. The van der Waals surface area contributed by atoms with E-state index in [9.17, 15) is 9.90 Å². The van der Waals surface area contributed by atoms with Gasteiger partial charge in [0.2, 0.25) is 0 Å². The quantitative estimate of drug-likeness (QED) is 0.245. The summed E-state index contributed by atoms with van der Waals surface area (Å²) in [6.45, 7) is 2.05. The number of aromatic carboxylic acids is 1. The number of carboxylic acid groups (broad SMARTS) is 1. The first-order valence-corrected chi connectivity index (χ1v) is 12.2. The van der Waals surface area contributed by atoms with Gasteiger partial charge in [0.15, 0.2) is 0 Å². The van der Waals surface area contributed by atoms with Crippen LogP contribution in [-0.2, 0) is 0 Å². The van der Waals surface area contributed by atoms with Crippen molar-refractivity contribution in [3.05, 3.63) is 178 Å². The zero-order chi connectivity index (χ0) is 24.9. The molecule has 0 fully saturated rings. The summed E-state index contributed by atoms with van der Waals surface area (Å²) in [4.78, 5) is 13.1. The molecule has 5 rings (SSSR count). The van der Waals surface area contributed by atoms with E-state index in [2.05, 4.69) is 55.5 Å². The van der Waals surface area contributed by atoms with Gasteiger partial charge in [0.25, 0.3) is 0 Å². The highest BCUT2D eigenvalue weighted by atomic mass is 16.4. The van der Waals surface area contributed by atoms with Gasteiger partial charge in [0.05, 0.1) is 5.56 Å². The molecule has 0 aliphatic rings. The lowest BCUT2D eigenvalue weighted by Crippen LogP contribution is -2.17. The van der Waals surface area contributed by atoms with Crippen LogP contribution < -0.4 is 0 Å². The summed E-state index contributed by atoms with van der Waals surface area (Å²) >= 11 is 0. The fourth-order valence-corrected chi connectivity index (χ4v) is 5.23. The summed E-state index contributed by atoms with van der Waals surface area (Å²) in [6.07, 6.45) is 0. The number of hydrogen-bond donors (Lipinski definition) is 1. The maximum atomic E-state index is 13.1. The standard InChI is InChI=1S/C34H28O2/c1-24-22-29(31(25-14-6-2-7-15-25)26-16-8-3-9-17-26)33(34(35)36)30(23-24)32(27-18-10-4-11-19-27)28-20-12-5-13-21-28/h2-23,31-32H,1H3,(H,35,36). The zero-order valence-corrected chi connectivity index (χ0v) is 20.2. The molecule has 2 heteroatoms. The van der Waals surface area contributed by atoms with Gasteiger partial charge in [0.1, 0.15) is 0 Å². The molecule has 0 atom stereocenters. The molecule has 0 radical (unpaired) electrons. The van der Waals surface area contributed by atoms with E-state index in [1.54, 1.807) is 0 Å². The average molecular weight is 469 g/mol. The lowest BCUT2D eigenvalue weighted by molar-refractivity contribution is 0.0694. The highest BCUT2D eigenvalue weighted by molar-refractivity contribution is 5.93. The predicted octanol–water partition coefficient (Wildman–Crippen LogP) is 8.05. The van der Waals surface area contributed by atoms with E-state index in [-0.39, 0.29) is 11.8 Å². The summed E-state index contributed by atoms with van der Waals surface area (Å²) in [7, 11) is 0. The SMILES string of the molecule is Cc1cc(C(c2ccccc2)c2ccccc2)c(C(=O)O)c(C(c2ccccc2)c2ccccc2)c1. The molecule has 176 valence electrons. The predicted molar refractivity (Wildman–Crippen MR) is 146 cm³/mol. The first-order chi connectivity index (χ1) is 17.6. The van der Waals surface area contributed by atoms with Gasteiger partial charge in [-0.25, -0.2) is 4.79 Å². The molecule has 0 heterocycles. The van der Waals surface area contributed by atoms with Crippen molar-refractivity contribution in [1.82, 2.24) is 0 Å². The van der Waals surface area contributed by atoms with Gasteiger partial charge in [0, 0.05) is 11.8 Å². The minimum absolute atomic E-state index is 0.204. The molecule has 5 aromatic rings. The van der Waals surface area contributed by atoms with E-state index < -0.39 is 5.97 Å². The van der Waals surface area contributed by atoms with Crippen LogP contribution in [0.4, 0.5) is 0 Å². The Bertz CT molecular complexity index is 1260. The number of aryl methyl sites for hydroxylation is 1. The highest BCUT2D eigenvalue weighted by Crippen LogP contribution is 2.41. The van der Waals surface area contributed by atoms with Crippen LogP contribution in [0.25, 0.3) is 0 Å². The molecule has 2 nitrogen and oxygen atoms in total. The number of hydrogen-bond acceptors (Lipinski definition) is 1. The van der Waals surface area contributed by atoms with Crippen LogP contribution in [0.1, 0.15) is 61.1 Å². The number of carbonyl (C=O) groups is 1.